The molecule has 0 aromatic heterocycles. The Labute approximate surface area is 99.5 Å². The molecule has 0 saturated heterocycles. The van der Waals surface area contributed by atoms with Crippen LogP contribution in [0.4, 0.5) is 0 Å². The van der Waals surface area contributed by atoms with Crippen LogP contribution in [0, 0.1) is 12.8 Å². The normalized spacial score (nSPS) is 12.7. The minimum atomic E-state index is 0.468. The van der Waals surface area contributed by atoms with Gasteiger partial charge in [0.25, 0.3) is 0 Å². The van der Waals surface area contributed by atoms with Crippen LogP contribution in [0.2, 0.25) is 0 Å². The Bertz CT molecular complexity index is 317. The summed E-state index contributed by atoms with van der Waals surface area (Å²) in [5, 5.41) is 9.86. The van der Waals surface area contributed by atoms with Crippen molar-refractivity contribution >= 4 is 0 Å². The van der Waals surface area contributed by atoms with E-state index in [2.05, 4.69) is 26.0 Å². The lowest BCUT2D eigenvalue weighted by Gasteiger charge is -2.15. The monoisotopic (exact) mass is 220 g/mol. The van der Waals surface area contributed by atoms with Gasteiger partial charge in [0.1, 0.15) is 5.75 Å². The minimum absolute atomic E-state index is 0.468. The lowest BCUT2D eigenvalue weighted by molar-refractivity contribution is 0.426. The molecule has 0 aliphatic rings. The number of hydrogen-bond acceptors (Lipinski definition) is 1. The number of hydrogen-bond donors (Lipinski definition) is 1. The molecule has 1 aromatic carbocycles. The maximum Gasteiger partial charge on any atom is 0.119 e. The summed E-state index contributed by atoms with van der Waals surface area (Å²) >= 11 is 0. The number of aromatic hydroxyl groups is 1. The number of aryl methyl sites for hydroxylation is 1. The van der Waals surface area contributed by atoms with Gasteiger partial charge in [0.2, 0.25) is 0 Å². The van der Waals surface area contributed by atoms with E-state index in [1.54, 1.807) is 0 Å². The summed E-state index contributed by atoms with van der Waals surface area (Å²) < 4.78 is 0. The quantitative estimate of drug-likeness (QED) is 0.750. The van der Waals surface area contributed by atoms with E-state index < -0.39 is 0 Å². The van der Waals surface area contributed by atoms with Crippen molar-refractivity contribution in [2.75, 3.05) is 0 Å². The van der Waals surface area contributed by atoms with Crippen molar-refractivity contribution in [2.24, 2.45) is 5.92 Å². The third-order valence-electron chi connectivity index (χ3n) is 3.29. The Hall–Kier alpha value is -0.980. The van der Waals surface area contributed by atoms with Crippen molar-refractivity contribution in [3.63, 3.8) is 0 Å². The van der Waals surface area contributed by atoms with Crippen LogP contribution in [-0.4, -0.2) is 5.11 Å². The van der Waals surface area contributed by atoms with Gasteiger partial charge in [0.05, 0.1) is 0 Å². The molecule has 1 N–H and O–H groups in total. The van der Waals surface area contributed by atoms with Crippen molar-refractivity contribution in [2.45, 2.75) is 52.9 Å². The molecule has 16 heavy (non-hydrogen) atoms. The van der Waals surface area contributed by atoms with E-state index in [0.717, 1.165) is 17.5 Å². The highest BCUT2D eigenvalue weighted by Crippen LogP contribution is 2.25. The zero-order valence-corrected chi connectivity index (χ0v) is 10.8. The van der Waals surface area contributed by atoms with Crippen LogP contribution in [0.15, 0.2) is 18.2 Å². The summed E-state index contributed by atoms with van der Waals surface area (Å²) in [6, 6.07) is 6.02. The summed E-state index contributed by atoms with van der Waals surface area (Å²) in [4.78, 5) is 0. The SMILES string of the molecule is CCCCC(CC)Cc1ccc(C)cc1O. The maximum atomic E-state index is 9.86. The van der Waals surface area contributed by atoms with E-state index in [4.69, 9.17) is 0 Å². The Morgan fingerprint density at radius 3 is 2.56 bits per heavy atom. The van der Waals surface area contributed by atoms with Crippen molar-refractivity contribution in [3.8, 4) is 5.75 Å². The molecule has 0 bridgehead atoms. The zero-order valence-electron chi connectivity index (χ0n) is 10.8. The first-order valence-corrected chi connectivity index (χ1v) is 6.45. The summed E-state index contributed by atoms with van der Waals surface area (Å²) in [7, 11) is 0. The van der Waals surface area contributed by atoms with Crippen LogP contribution in [0.5, 0.6) is 5.75 Å². The highest BCUT2D eigenvalue weighted by atomic mass is 16.3. The zero-order chi connectivity index (χ0) is 12.0. The predicted molar refractivity (Wildman–Crippen MR) is 69.9 cm³/mol. The summed E-state index contributed by atoms with van der Waals surface area (Å²) in [6.07, 6.45) is 6.05. The molecule has 0 radical (unpaired) electrons. The largest absolute Gasteiger partial charge is 0.508 e. The minimum Gasteiger partial charge on any atom is -0.508 e. The van der Waals surface area contributed by atoms with E-state index >= 15 is 0 Å². The molecule has 0 aliphatic heterocycles. The average Bonchev–Trinajstić information content (AvgIpc) is 2.27. The van der Waals surface area contributed by atoms with E-state index in [1.807, 2.05) is 13.0 Å². The molecule has 0 heterocycles. The van der Waals surface area contributed by atoms with Crippen LogP contribution in [0.25, 0.3) is 0 Å². The van der Waals surface area contributed by atoms with Crippen molar-refractivity contribution in [3.05, 3.63) is 29.3 Å². The van der Waals surface area contributed by atoms with Gasteiger partial charge < -0.3 is 5.11 Å². The fraction of sp³-hybridized carbons (Fsp3) is 0.600. The van der Waals surface area contributed by atoms with E-state index in [1.165, 1.54) is 25.7 Å². The molecule has 90 valence electrons. The van der Waals surface area contributed by atoms with Gasteiger partial charge in [-0.1, -0.05) is 51.7 Å². The Morgan fingerprint density at radius 1 is 1.25 bits per heavy atom. The highest BCUT2D eigenvalue weighted by molar-refractivity contribution is 5.36. The van der Waals surface area contributed by atoms with Crippen LogP contribution in [-0.2, 0) is 6.42 Å². The molecule has 0 saturated carbocycles. The number of unbranched alkanes of at least 4 members (excludes halogenated alkanes) is 1. The molecule has 1 aromatic rings. The van der Waals surface area contributed by atoms with Gasteiger partial charge in [-0.05, 0) is 36.5 Å². The van der Waals surface area contributed by atoms with Gasteiger partial charge in [-0.2, -0.15) is 0 Å². The fourth-order valence-corrected chi connectivity index (χ4v) is 2.10. The third-order valence-corrected chi connectivity index (χ3v) is 3.29. The first kappa shape index (κ1) is 13.1. The second-order valence-electron chi connectivity index (χ2n) is 4.75. The molecular formula is C15H24O. The first-order valence-electron chi connectivity index (χ1n) is 6.45. The molecule has 0 spiro atoms. The smallest absolute Gasteiger partial charge is 0.119 e. The highest BCUT2D eigenvalue weighted by Gasteiger charge is 2.09. The lowest BCUT2D eigenvalue weighted by atomic mass is 9.91. The predicted octanol–water partition coefficient (Wildman–Crippen LogP) is 4.46. The van der Waals surface area contributed by atoms with Gasteiger partial charge in [0, 0.05) is 0 Å². The second kappa shape index (κ2) is 6.57. The summed E-state index contributed by atoms with van der Waals surface area (Å²) in [5.41, 5.74) is 2.23. The van der Waals surface area contributed by atoms with E-state index in [9.17, 15) is 5.11 Å². The van der Waals surface area contributed by atoms with E-state index in [-0.39, 0.29) is 0 Å². The Kier molecular flexibility index (Phi) is 5.37. The number of benzene rings is 1. The molecule has 1 heteroatoms. The molecule has 1 nitrogen and oxygen atoms in total. The summed E-state index contributed by atoms with van der Waals surface area (Å²) in [6.45, 7) is 6.49. The molecular weight excluding hydrogens is 196 g/mol. The van der Waals surface area contributed by atoms with Crippen molar-refractivity contribution in [1.29, 1.82) is 0 Å². The van der Waals surface area contributed by atoms with Gasteiger partial charge in [-0.15, -0.1) is 0 Å². The molecule has 1 atom stereocenters. The molecule has 0 amide bonds. The summed E-state index contributed by atoms with van der Waals surface area (Å²) in [5.74, 6) is 1.18. The first-order chi connectivity index (χ1) is 7.67. The van der Waals surface area contributed by atoms with Crippen LogP contribution in [0.1, 0.15) is 50.7 Å². The molecule has 1 unspecified atom stereocenters. The van der Waals surface area contributed by atoms with Crippen molar-refractivity contribution < 1.29 is 5.11 Å². The Balaban J connectivity index is 2.62. The maximum absolute atomic E-state index is 9.86. The number of phenolic OH excluding ortho intramolecular Hbond substituents is 1. The lowest BCUT2D eigenvalue weighted by Crippen LogP contribution is -2.03. The topological polar surface area (TPSA) is 20.2 Å². The standard InChI is InChI=1S/C15H24O/c1-4-6-7-13(5-2)11-14-9-8-12(3)10-15(14)16/h8-10,13,16H,4-7,11H2,1-3H3. The van der Waals surface area contributed by atoms with Crippen molar-refractivity contribution in [1.82, 2.24) is 0 Å². The van der Waals surface area contributed by atoms with Gasteiger partial charge in [0.15, 0.2) is 0 Å². The van der Waals surface area contributed by atoms with Crippen LogP contribution >= 0.6 is 0 Å². The van der Waals surface area contributed by atoms with Gasteiger partial charge >= 0.3 is 0 Å². The fourth-order valence-electron chi connectivity index (χ4n) is 2.10. The molecule has 1 rings (SSSR count). The molecule has 0 aliphatic carbocycles. The van der Waals surface area contributed by atoms with Crippen LogP contribution in [0.3, 0.4) is 0 Å². The second-order valence-corrected chi connectivity index (χ2v) is 4.75. The number of rotatable bonds is 6. The van der Waals surface area contributed by atoms with Gasteiger partial charge in [-0.25, -0.2) is 0 Å². The van der Waals surface area contributed by atoms with Gasteiger partial charge in [-0.3, -0.25) is 0 Å². The van der Waals surface area contributed by atoms with E-state index in [0.29, 0.717) is 11.7 Å². The number of phenols is 1. The molecule has 0 fully saturated rings. The Morgan fingerprint density at radius 2 is 2.00 bits per heavy atom. The van der Waals surface area contributed by atoms with Crippen LogP contribution < -0.4 is 0 Å². The average molecular weight is 220 g/mol. The third kappa shape index (κ3) is 3.88.